The monoisotopic (exact) mass is 430 g/mol. The van der Waals surface area contributed by atoms with E-state index in [0.717, 1.165) is 43.3 Å². The van der Waals surface area contributed by atoms with Gasteiger partial charge in [-0.15, -0.1) is 0 Å². The molecule has 2 fully saturated rings. The van der Waals surface area contributed by atoms with Crippen LogP contribution in [-0.4, -0.2) is 80.6 Å². The Balaban J connectivity index is 1.46. The average Bonchev–Trinajstić information content (AvgIpc) is 3.30. The Morgan fingerprint density at radius 3 is 2.77 bits per heavy atom. The molecular weight excluding hydrogens is 404 g/mol. The van der Waals surface area contributed by atoms with Crippen LogP contribution < -0.4 is 4.90 Å². The topological polar surface area (TPSA) is 93.5 Å². The van der Waals surface area contributed by atoms with E-state index in [4.69, 9.17) is 4.74 Å². The van der Waals surface area contributed by atoms with Gasteiger partial charge in [0.15, 0.2) is 0 Å². The van der Waals surface area contributed by atoms with E-state index in [1.807, 2.05) is 17.8 Å². The predicted octanol–water partition coefficient (Wildman–Crippen LogP) is 1.63. The summed E-state index contributed by atoms with van der Waals surface area (Å²) in [6.07, 6.45) is 6.35. The summed E-state index contributed by atoms with van der Waals surface area (Å²) in [5.74, 6) is 3.06. The number of ether oxygens (including phenoxy) is 1. The number of thioether (sulfide) groups is 1. The lowest BCUT2D eigenvalue weighted by Crippen LogP contribution is -2.43. The molecule has 2 aliphatic heterocycles. The summed E-state index contributed by atoms with van der Waals surface area (Å²) in [5.41, 5.74) is 0.342. The highest BCUT2D eigenvalue weighted by Gasteiger charge is 2.30. The molecule has 0 radical (unpaired) electrons. The van der Waals surface area contributed by atoms with Crippen molar-refractivity contribution >= 4 is 29.5 Å². The van der Waals surface area contributed by atoms with E-state index in [2.05, 4.69) is 19.9 Å². The summed E-state index contributed by atoms with van der Waals surface area (Å²) in [5, 5.41) is 0. The summed E-state index contributed by atoms with van der Waals surface area (Å²) in [6, 6.07) is 1.92. The van der Waals surface area contributed by atoms with Gasteiger partial charge in [-0.1, -0.05) is 0 Å². The molecule has 4 heterocycles. The molecule has 1 atom stereocenters. The number of imidazole rings is 1. The number of likely N-dealkylation sites (tertiary alicyclic amines) is 1. The second kappa shape index (κ2) is 9.46. The van der Waals surface area contributed by atoms with Crippen LogP contribution >= 0.6 is 11.8 Å². The van der Waals surface area contributed by atoms with Crippen molar-refractivity contribution in [2.45, 2.75) is 19.8 Å². The summed E-state index contributed by atoms with van der Waals surface area (Å²) < 4.78 is 6.86. The Bertz CT molecular complexity index is 898. The van der Waals surface area contributed by atoms with Crippen molar-refractivity contribution in [1.29, 1.82) is 0 Å². The number of anilines is 1. The van der Waals surface area contributed by atoms with Crippen molar-refractivity contribution in [2.24, 2.45) is 5.92 Å². The first-order valence-electron chi connectivity index (χ1n) is 10.3. The lowest BCUT2D eigenvalue weighted by molar-refractivity contribution is -0.149. The largest absolute Gasteiger partial charge is 0.466 e. The van der Waals surface area contributed by atoms with Crippen LogP contribution in [0.3, 0.4) is 0 Å². The van der Waals surface area contributed by atoms with Gasteiger partial charge in [-0.05, 0) is 19.8 Å². The molecule has 30 heavy (non-hydrogen) atoms. The number of nitrogens with zero attached hydrogens (tertiary/aromatic N) is 6. The Morgan fingerprint density at radius 1 is 1.17 bits per heavy atom. The van der Waals surface area contributed by atoms with E-state index in [1.165, 1.54) is 0 Å². The van der Waals surface area contributed by atoms with Gasteiger partial charge in [0, 0.05) is 49.9 Å². The van der Waals surface area contributed by atoms with Crippen LogP contribution in [0, 0.1) is 5.92 Å². The number of carbonyl (C=O) groups excluding carboxylic acids is 2. The lowest BCUT2D eigenvalue weighted by atomic mass is 9.98. The number of hydrogen-bond donors (Lipinski definition) is 0. The predicted molar refractivity (Wildman–Crippen MR) is 114 cm³/mol. The lowest BCUT2D eigenvalue weighted by Gasteiger charge is -2.31. The fourth-order valence-electron chi connectivity index (χ4n) is 3.78. The Hall–Kier alpha value is -2.62. The minimum Gasteiger partial charge on any atom is -0.466 e. The zero-order valence-corrected chi connectivity index (χ0v) is 17.9. The molecule has 0 N–H and O–H groups in total. The van der Waals surface area contributed by atoms with E-state index in [9.17, 15) is 9.59 Å². The molecule has 0 saturated carbocycles. The van der Waals surface area contributed by atoms with Gasteiger partial charge >= 0.3 is 5.97 Å². The van der Waals surface area contributed by atoms with Gasteiger partial charge in [0.2, 0.25) is 0 Å². The molecule has 0 aliphatic carbocycles. The van der Waals surface area contributed by atoms with Gasteiger partial charge in [-0.25, -0.2) is 15.0 Å². The van der Waals surface area contributed by atoms with Crippen LogP contribution in [0.2, 0.25) is 0 Å². The fourth-order valence-corrected chi connectivity index (χ4v) is 4.68. The van der Waals surface area contributed by atoms with E-state index < -0.39 is 0 Å². The van der Waals surface area contributed by atoms with Gasteiger partial charge in [-0.3, -0.25) is 14.2 Å². The first-order valence-corrected chi connectivity index (χ1v) is 11.5. The summed E-state index contributed by atoms with van der Waals surface area (Å²) >= 11 is 1.95. The van der Waals surface area contributed by atoms with Crippen LogP contribution in [-0.2, 0) is 9.53 Å². The molecule has 10 heteroatoms. The van der Waals surface area contributed by atoms with E-state index in [1.54, 1.807) is 35.2 Å². The highest BCUT2D eigenvalue weighted by molar-refractivity contribution is 7.99. The molecule has 9 nitrogen and oxygen atoms in total. The number of hydrogen-bond acceptors (Lipinski definition) is 8. The van der Waals surface area contributed by atoms with Crippen molar-refractivity contribution in [1.82, 2.24) is 24.4 Å². The van der Waals surface area contributed by atoms with Crippen molar-refractivity contribution in [3.8, 4) is 5.82 Å². The maximum atomic E-state index is 12.9. The number of carbonyl (C=O) groups is 2. The number of esters is 1. The molecule has 0 aromatic carbocycles. The number of rotatable bonds is 5. The zero-order valence-electron chi connectivity index (χ0n) is 17.1. The van der Waals surface area contributed by atoms with Crippen LogP contribution in [0.5, 0.6) is 0 Å². The molecular formula is C20H26N6O3S. The molecule has 160 valence electrons. The minimum atomic E-state index is -0.267. The third kappa shape index (κ3) is 4.58. The van der Waals surface area contributed by atoms with Gasteiger partial charge in [0.1, 0.15) is 30.0 Å². The smallest absolute Gasteiger partial charge is 0.310 e. The normalized spacial score (nSPS) is 19.6. The van der Waals surface area contributed by atoms with Gasteiger partial charge in [0.05, 0.1) is 12.5 Å². The van der Waals surface area contributed by atoms with Crippen molar-refractivity contribution in [3.05, 3.63) is 30.6 Å². The SMILES string of the molecule is CCOC(=O)[C@H]1CCCN(C(=O)c2cn(-c3cc(N4CCSCC4)ncn3)cn2)C1. The number of amides is 1. The van der Waals surface area contributed by atoms with Crippen molar-refractivity contribution in [2.75, 3.05) is 49.2 Å². The van der Waals surface area contributed by atoms with Gasteiger partial charge in [-0.2, -0.15) is 11.8 Å². The number of piperidine rings is 1. The first kappa shape index (κ1) is 20.6. The van der Waals surface area contributed by atoms with E-state index in [-0.39, 0.29) is 17.8 Å². The Morgan fingerprint density at radius 2 is 1.97 bits per heavy atom. The summed E-state index contributed by atoms with van der Waals surface area (Å²) in [7, 11) is 0. The number of aromatic nitrogens is 4. The van der Waals surface area contributed by atoms with Crippen LogP contribution in [0.1, 0.15) is 30.3 Å². The molecule has 1 amide bonds. The maximum absolute atomic E-state index is 12.9. The molecule has 0 bridgehead atoms. The maximum Gasteiger partial charge on any atom is 0.310 e. The molecule has 2 aromatic rings. The van der Waals surface area contributed by atoms with Crippen LogP contribution in [0.15, 0.2) is 24.9 Å². The van der Waals surface area contributed by atoms with E-state index in [0.29, 0.717) is 31.2 Å². The van der Waals surface area contributed by atoms with Gasteiger partial charge < -0.3 is 14.5 Å². The summed E-state index contributed by atoms with van der Waals surface area (Å²) in [6.45, 7) is 5.06. The average molecular weight is 431 g/mol. The molecule has 2 aromatic heterocycles. The van der Waals surface area contributed by atoms with Crippen LogP contribution in [0.4, 0.5) is 5.82 Å². The highest BCUT2D eigenvalue weighted by atomic mass is 32.2. The molecule has 0 unspecified atom stereocenters. The van der Waals surface area contributed by atoms with Crippen molar-refractivity contribution in [3.63, 3.8) is 0 Å². The minimum absolute atomic E-state index is 0.176. The molecule has 0 spiro atoms. The second-order valence-corrected chi connectivity index (χ2v) is 8.57. The van der Waals surface area contributed by atoms with E-state index >= 15 is 0 Å². The molecule has 2 aliphatic rings. The third-order valence-corrected chi connectivity index (χ3v) is 6.31. The van der Waals surface area contributed by atoms with Crippen molar-refractivity contribution < 1.29 is 14.3 Å². The standard InChI is InChI=1S/C20H26N6O3S/c1-2-29-20(28)15-4-3-5-25(11-15)19(27)16-12-26(14-23-16)18-10-17(21-13-22-18)24-6-8-30-9-7-24/h10,12-15H,2-9,11H2,1H3/t15-/m0/s1. The fraction of sp³-hybridized carbons (Fsp3) is 0.550. The summed E-state index contributed by atoms with van der Waals surface area (Å²) in [4.78, 5) is 42.0. The zero-order chi connectivity index (χ0) is 20.9. The third-order valence-electron chi connectivity index (χ3n) is 5.37. The molecule has 2 saturated heterocycles. The first-order chi connectivity index (χ1) is 14.7. The highest BCUT2D eigenvalue weighted by Crippen LogP contribution is 2.21. The molecule has 4 rings (SSSR count). The van der Waals surface area contributed by atoms with Crippen LogP contribution in [0.25, 0.3) is 5.82 Å². The quantitative estimate of drug-likeness (QED) is 0.661. The second-order valence-electron chi connectivity index (χ2n) is 7.34. The van der Waals surface area contributed by atoms with Gasteiger partial charge in [0.25, 0.3) is 5.91 Å². The Kier molecular flexibility index (Phi) is 6.51. The Labute approximate surface area is 179 Å².